The molecule has 2 aliphatic rings. The Labute approximate surface area is 167 Å². The number of benzene rings is 1. The molecule has 29 heavy (non-hydrogen) atoms. The van der Waals surface area contributed by atoms with Gasteiger partial charge in [0.05, 0.1) is 18.7 Å². The van der Waals surface area contributed by atoms with E-state index in [0.717, 1.165) is 0 Å². The van der Waals surface area contributed by atoms with Gasteiger partial charge in [-0.15, -0.1) is 0 Å². The van der Waals surface area contributed by atoms with Crippen molar-refractivity contribution in [1.29, 1.82) is 0 Å². The summed E-state index contributed by atoms with van der Waals surface area (Å²) in [5, 5.41) is 50.5. The third-order valence-electron chi connectivity index (χ3n) is 5.27. The second-order valence-corrected chi connectivity index (χ2v) is 7.56. The highest BCUT2D eigenvalue weighted by atomic mass is 19.1. The number of amides is 1. The number of aliphatic hydroxyl groups is 2. The van der Waals surface area contributed by atoms with Crippen molar-refractivity contribution < 1.29 is 39.3 Å². The van der Waals surface area contributed by atoms with Crippen LogP contribution >= 0.6 is 0 Å². The molecule has 0 aliphatic carbocycles. The first-order valence-corrected chi connectivity index (χ1v) is 9.63. The fraction of sp³-hybridized carbons (Fsp3) is 0.611. The van der Waals surface area contributed by atoms with Crippen LogP contribution in [0.15, 0.2) is 12.1 Å². The summed E-state index contributed by atoms with van der Waals surface area (Å²) in [7, 11) is -1.54. The topological polar surface area (TPSA) is 143 Å². The predicted octanol–water partition coefficient (Wildman–Crippen LogP) is -0.930. The first-order valence-electron chi connectivity index (χ1n) is 9.63. The normalized spacial score (nSPS) is 22.1. The maximum absolute atomic E-state index is 13.2. The van der Waals surface area contributed by atoms with Crippen LogP contribution in [0.4, 0.5) is 4.39 Å². The fourth-order valence-electron chi connectivity index (χ4n) is 3.63. The summed E-state index contributed by atoms with van der Waals surface area (Å²) in [5.74, 6) is -0.390. The SMILES string of the molecule is O=C(C[C@@H]1C[C@H](F)CN1)N1CC(Oc2ccc(CCB(O)O)c(O)c2C(O)O)C1. The van der Waals surface area contributed by atoms with Crippen LogP contribution in [0.5, 0.6) is 11.5 Å². The number of nitrogens with one attached hydrogen (secondary N) is 1. The molecule has 0 unspecified atom stereocenters. The van der Waals surface area contributed by atoms with Gasteiger partial charge in [0.1, 0.15) is 23.8 Å². The van der Waals surface area contributed by atoms with Gasteiger partial charge in [0.2, 0.25) is 5.91 Å². The number of nitrogens with zero attached hydrogens (tertiary/aromatic N) is 1. The minimum absolute atomic E-state index is 0.0204. The zero-order valence-corrected chi connectivity index (χ0v) is 15.9. The highest BCUT2D eigenvalue weighted by molar-refractivity contribution is 6.41. The summed E-state index contributed by atoms with van der Waals surface area (Å²) in [4.78, 5) is 13.8. The number of phenols is 1. The molecular weight excluding hydrogens is 386 g/mol. The summed E-state index contributed by atoms with van der Waals surface area (Å²) < 4.78 is 18.9. The van der Waals surface area contributed by atoms with Gasteiger partial charge in [0.25, 0.3) is 0 Å². The fourth-order valence-corrected chi connectivity index (χ4v) is 3.63. The Kier molecular flexibility index (Phi) is 6.96. The van der Waals surface area contributed by atoms with Crippen molar-refractivity contribution in [3.05, 3.63) is 23.3 Å². The lowest BCUT2D eigenvalue weighted by atomic mass is 9.82. The number of carbonyl (C=O) groups excluding carboxylic acids is 1. The lowest BCUT2D eigenvalue weighted by Gasteiger charge is -2.40. The van der Waals surface area contributed by atoms with Crippen molar-refractivity contribution in [1.82, 2.24) is 10.2 Å². The van der Waals surface area contributed by atoms with E-state index in [9.17, 15) is 24.5 Å². The number of aryl methyl sites for hydroxylation is 1. The number of aromatic hydroxyl groups is 1. The molecule has 6 N–H and O–H groups in total. The molecule has 2 fully saturated rings. The lowest BCUT2D eigenvalue weighted by Crippen LogP contribution is -2.56. The van der Waals surface area contributed by atoms with E-state index in [1.54, 1.807) is 4.90 Å². The van der Waals surface area contributed by atoms with Gasteiger partial charge in [-0.25, -0.2) is 4.39 Å². The Morgan fingerprint density at radius 1 is 1.34 bits per heavy atom. The molecule has 2 aliphatic heterocycles. The Balaban J connectivity index is 1.56. The van der Waals surface area contributed by atoms with Crippen molar-refractivity contribution in [2.24, 2.45) is 0 Å². The van der Waals surface area contributed by atoms with Gasteiger partial charge in [0, 0.05) is 19.0 Å². The van der Waals surface area contributed by atoms with Crippen molar-refractivity contribution in [3.8, 4) is 11.5 Å². The van der Waals surface area contributed by atoms with Crippen molar-refractivity contribution >= 4 is 13.0 Å². The quantitative estimate of drug-likeness (QED) is 0.238. The van der Waals surface area contributed by atoms with E-state index in [0.29, 0.717) is 25.1 Å². The zero-order valence-electron chi connectivity index (χ0n) is 15.9. The molecule has 0 bridgehead atoms. The van der Waals surface area contributed by atoms with Crippen LogP contribution < -0.4 is 10.1 Å². The van der Waals surface area contributed by atoms with Gasteiger partial charge < -0.3 is 40.3 Å². The highest BCUT2D eigenvalue weighted by Gasteiger charge is 2.35. The number of ether oxygens (including phenoxy) is 1. The zero-order chi connectivity index (χ0) is 21.1. The first-order chi connectivity index (χ1) is 13.7. The average molecular weight is 412 g/mol. The standard InChI is InChI=1S/C18H26BFN2O7/c20-11-5-12(21-7-11)6-15(23)22-8-13(9-22)29-14-2-1-10(3-4-19(27)28)17(24)16(14)18(25)26/h1-2,11-13,18,21,24-28H,3-9H2/t11-,12-/m0/s1. The molecule has 0 saturated carbocycles. The molecule has 11 heteroatoms. The Hall–Kier alpha value is -1.92. The Morgan fingerprint density at radius 2 is 2.07 bits per heavy atom. The van der Waals surface area contributed by atoms with Gasteiger partial charge in [-0.05, 0) is 30.8 Å². The summed E-state index contributed by atoms with van der Waals surface area (Å²) >= 11 is 0. The molecule has 0 radical (unpaired) electrons. The molecule has 1 aromatic rings. The van der Waals surface area contributed by atoms with E-state index in [4.69, 9.17) is 14.8 Å². The molecule has 160 valence electrons. The second kappa shape index (κ2) is 9.27. The molecular formula is C18H26BFN2O7. The van der Waals surface area contributed by atoms with Crippen LogP contribution in [0.2, 0.25) is 6.32 Å². The number of hydrogen-bond donors (Lipinski definition) is 6. The van der Waals surface area contributed by atoms with Gasteiger partial charge in [0.15, 0.2) is 6.29 Å². The maximum atomic E-state index is 13.2. The van der Waals surface area contributed by atoms with Crippen LogP contribution in [0.3, 0.4) is 0 Å². The number of rotatable bonds is 8. The second-order valence-electron chi connectivity index (χ2n) is 7.56. The molecule has 2 atom stereocenters. The molecule has 2 saturated heterocycles. The van der Waals surface area contributed by atoms with E-state index in [1.807, 2.05) is 0 Å². The third-order valence-corrected chi connectivity index (χ3v) is 5.27. The maximum Gasteiger partial charge on any atom is 0.451 e. The minimum Gasteiger partial charge on any atom is -0.507 e. The highest BCUT2D eigenvalue weighted by Crippen LogP contribution is 2.37. The predicted molar refractivity (Wildman–Crippen MR) is 101 cm³/mol. The number of alkyl halides is 1. The summed E-state index contributed by atoms with van der Waals surface area (Å²) in [6.45, 7) is 0.891. The van der Waals surface area contributed by atoms with E-state index in [2.05, 4.69) is 5.32 Å². The number of aliphatic hydroxyl groups excluding tert-OH is 1. The minimum atomic E-state index is -1.98. The molecule has 9 nitrogen and oxygen atoms in total. The molecule has 1 aromatic carbocycles. The van der Waals surface area contributed by atoms with E-state index >= 15 is 0 Å². The van der Waals surface area contributed by atoms with Gasteiger partial charge in [-0.3, -0.25) is 4.79 Å². The van der Waals surface area contributed by atoms with Crippen molar-refractivity contribution in [2.45, 2.75) is 50.2 Å². The molecule has 1 amide bonds. The number of halogens is 1. The summed E-state index contributed by atoms with van der Waals surface area (Å²) in [6, 6.07) is 2.83. The van der Waals surface area contributed by atoms with Gasteiger partial charge in [-0.1, -0.05) is 6.07 Å². The molecule has 0 aromatic heterocycles. The summed E-state index contributed by atoms with van der Waals surface area (Å²) in [5.41, 5.74) is 0.123. The van der Waals surface area contributed by atoms with E-state index in [1.165, 1.54) is 12.1 Å². The Bertz CT molecular complexity index is 730. The monoisotopic (exact) mass is 412 g/mol. The number of carbonyl (C=O) groups is 1. The number of likely N-dealkylation sites (tertiary alicyclic amines) is 1. The van der Waals surface area contributed by atoms with E-state index < -0.39 is 19.6 Å². The van der Waals surface area contributed by atoms with Crippen molar-refractivity contribution in [2.75, 3.05) is 19.6 Å². The van der Waals surface area contributed by atoms with Gasteiger partial charge in [-0.2, -0.15) is 0 Å². The largest absolute Gasteiger partial charge is 0.507 e. The Morgan fingerprint density at radius 3 is 2.66 bits per heavy atom. The van der Waals surface area contributed by atoms with Crippen LogP contribution in [-0.2, 0) is 11.2 Å². The van der Waals surface area contributed by atoms with Crippen LogP contribution in [-0.4, -0.2) is 81.2 Å². The van der Waals surface area contributed by atoms with Crippen molar-refractivity contribution in [3.63, 3.8) is 0 Å². The number of hydrogen-bond acceptors (Lipinski definition) is 8. The third kappa shape index (κ3) is 5.37. The molecule has 2 heterocycles. The molecule has 3 rings (SSSR count). The molecule has 0 spiro atoms. The average Bonchev–Trinajstić information content (AvgIpc) is 3.00. The van der Waals surface area contributed by atoms with Crippen LogP contribution in [0, 0.1) is 0 Å². The summed E-state index contributed by atoms with van der Waals surface area (Å²) in [6.07, 6.45) is -2.61. The lowest BCUT2D eigenvalue weighted by molar-refractivity contribution is -0.140. The number of phenolic OH excluding ortho intramolecular Hbond substituents is 1. The smallest absolute Gasteiger partial charge is 0.451 e. The first kappa shape index (κ1) is 21.8. The van der Waals surface area contributed by atoms with Gasteiger partial charge >= 0.3 is 7.12 Å². The van der Waals surface area contributed by atoms with E-state index in [-0.39, 0.29) is 60.8 Å². The van der Waals surface area contributed by atoms with Crippen LogP contribution in [0.25, 0.3) is 0 Å². The van der Waals surface area contributed by atoms with Crippen LogP contribution in [0.1, 0.15) is 30.3 Å².